The van der Waals surface area contributed by atoms with E-state index < -0.39 is 4.92 Å². The van der Waals surface area contributed by atoms with E-state index in [1.165, 1.54) is 12.1 Å². The van der Waals surface area contributed by atoms with E-state index >= 15 is 0 Å². The molecule has 1 amide bonds. The lowest BCUT2D eigenvalue weighted by molar-refractivity contribution is -0.384. The van der Waals surface area contributed by atoms with Crippen molar-refractivity contribution in [2.45, 2.75) is 25.4 Å². The van der Waals surface area contributed by atoms with E-state index in [4.69, 9.17) is 4.74 Å². The van der Waals surface area contributed by atoms with Gasteiger partial charge < -0.3 is 10.1 Å². The number of benzene rings is 1. The Morgan fingerprint density at radius 2 is 2.16 bits per heavy atom. The zero-order chi connectivity index (χ0) is 13.7. The average molecular weight is 264 g/mol. The highest BCUT2D eigenvalue weighted by atomic mass is 16.6. The minimum absolute atomic E-state index is 0.0310. The molecule has 0 spiro atoms. The molecular weight excluding hydrogens is 248 g/mol. The molecule has 0 bridgehead atoms. The molecule has 2 rings (SSSR count). The van der Waals surface area contributed by atoms with Crippen molar-refractivity contribution in [2.24, 2.45) is 0 Å². The Morgan fingerprint density at radius 1 is 1.42 bits per heavy atom. The first-order valence-electron chi connectivity index (χ1n) is 6.27. The van der Waals surface area contributed by atoms with Crippen LogP contribution in [0.1, 0.15) is 18.4 Å². The normalized spacial score (nSPS) is 18.2. The van der Waals surface area contributed by atoms with Gasteiger partial charge in [0, 0.05) is 25.3 Å². The van der Waals surface area contributed by atoms with E-state index in [0.717, 1.165) is 25.0 Å². The zero-order valence-corrected chi connectivity index (χ0v) is 10.5. The summed E-state index contributed by atoms with van der Waals surface area (Å²) in [7, 11) is 0. The first kappa shape index (κ1) is 13.5. The standard InChI is InChI=1S/C13H16N2O4/c16-13(14-9-12-2-1-7-19-12)8-10-3-5-11(6-4-10)15(17)18/h3-6,12H,1-2,7-9H2,(H,14,16)/t12-/m1/s1. The number of hydrogen-bond donors (Lipinski definition) is 1. The molecule has 1 heterocycles. The maximum absolute atomic E-state index is 11.7. The van der Waals surface area contributed by atoms with Crippen LogP contribution in [0.15, 0.2) is 24.3 Å². The predicted molar refractivity (Wildman–Crippen MR) is 68.8 cm³/mol. The highest BCUT2D eigenvalue weighted by Crippen LogP contribution is 2.13. The second kappa shape index (κ2) is 6.29. The van der Waals surface area contributed by atoms with Crippen molar-refractivity contribution in [3.63, 3.8) is 0 Å². The van der Waals surface area contributed by atoms with Gasteiger partial charge in [-0.15, -0.1) is 0 Å². The molecule has 0 unspecified atom stereocenters. The molecule has 1 aromatic rings. The van der Waals surface area contributed by atoms with Crippen LogP contribution in [-0.2, 0) is 16.0 Å². The predicted octanol–water partition coefficient (Wildman–Crippen LogP) is 1.43. The molecule has 1 aliphatic heterocycles. The molecule has 1 fully saturated rings. The molecule has 6 nitrogen and oxygen atoms in total. The number of nitro benzene ring substituents is 1. The van der Waals surface area contributed by atoms with Gasteiger partial charge in [0.1, 0.15) is 0 Å². The number of ether oxygens (including phenoxy) is 1. The van der Waals surface area contributed by atoms with Gasteiger partial charge in [0.25, 0.3) is 5.69 Å². The van der Waals surface area contributed by atoms with Crippen LogP contribution in [0.25, 0.3) is 0 Å². The molecular formula is C13H16N2O4. The van der Waals surface area contributed by atoms with Crippen LogP contribution in [0.3, 0.4) is 0 Å². The maximum Gasteiger partial charge on any atom is 0.269 e. The summed E-state index contributed by atoms with van der Waals surface area (Å²) in [4.78, 5) is 21.7. The third kappa shape index (κ3) is 4.03. The lowest BCUT2D eigenvalue weighted by Crippen LogP contribution is -2.32. The van der Waals surface area contributed by atoms with Crippen LogP contribution in [0.4, 0.5) is 5.69 Å². The van der Waals surface area contributed by atoms with Crippen molar-refractivity contribution in [1.82, 2.24) is 5.32 Å². The van der Waals surface area contributed by atoms with Crippen molar-refractivity contribution < 1.29 is 14.5 Å². The molecule has 0 radical (unpaired) electrons. The first-order valence-corrected chi connectivity index (χ1v) is 6.27. The van der Waals surface area contributed by atoms with Crippen molar-refractivity contribution in [2.75, 3.05) is 13.2 Å². The van der Waals surface area contributed by atoms with E-state index in [0.29, 0.717) is 6.54 Å². The second-order valence-electron chi connectivity index (χ2n) is 4.54. The second-order valence-corrected chi connectivity index (χ2v) is 4.54. The largest absolute Gasteiger partial charge is 0.376 e. The fraction of sp³-hybridized carbons (Fsp3) is 0.462. The number of non-ortho nitro benzene ring substituents is 1. The minimum atomic E-state index is -0.457. The quantitative estimate of drug-likeness (QED) is 0.644. The molecule has 0 aromatic heterocycles. The Morgan fingerprint density at radius 3 is 2.74 bits per heavy atom. The van der Waals surface area contributed by atoms with Gasteiger partial charge in [-0.3, -0.25) is 14.9 Å². The summed E-state index contributed by atoms with van der Waals surface area (Å²) in [5.41, 5.74) is 0.791. The number of nitrogens with zero attached hydrogens (tertiary/aromatic N) is 1. The van der Waals surface area contributed by atoms with Gasteiger partial charge in [-0.2, -0.15) is 0 Å². The fourth-order valence-electron chi connectivity index (χ4n) is 2.02. The highest BCUT2D eigenvalue weighted by Gasteiger charge is 2.16. The van der Waals surface area contributed by atoms with Crippen molar-refractivity contribution in [1.29, 1.82) is 0 Å². The molecule has 1 aliphatic rings. The molecule has 19 heavy (non-hydrogen) atoms. The molecule has 1 atom stereocenters. The van der Waals surface area contributed by atoms with Gasteiger partial charge in [-0.1, -0.05) is 12.1 Å². The summed E-state index contributed by atoms with van der Waals surface area (Å²) in [6, 6.07) is 6.01. The van der Waals surface area contributed by atoms with Crippen LogP contribution in [0.2, 0.25) is 0 Å². The number of rotatable bonds is 5. The number of nitro groups is 1. The summed E-state index contributed by atoms with van der Waals surface area (Å²) in [6.45, 7) is 1.30. The van der Waals surface area contributed by atoms with Crippen molar-refractivity contribution in [3.8, 4) is 0 Å². The third-order valence-electron chi connectivity index (χ3n) is 3.06. The summed E-state index contributed by atoms with van der Waals surface area (Å²) < 4.78 is 5.41. The minimum Gasteiger partial charge on any atom is -0.376 e. The number of carbonyl (C=O) groups is 1. The number of hydrogen-bond acceptors (Lipinski definition) is 4. The Balaban J connectivity index is 1.79. The smallest absolute Gasteiger partial charge is 0.269 e. The molecule has 0 aliphatic carbocycles. The van der Waals surface area contributed by atoms with Gasteiger partial charge in [0.05, 0.1) is 17.4 Å². The number of carbonyl (C=O) groups excluding carboxylic acids is 1. The van der Waals surface area contributed by atoms with Gasteiger partial charge in [-0.25, -0.2) is 0 Å². The van der Waals surface area contributed by atoms with Crippen LogP contribution in [0, 0.1) is 10.1 Å². The molecule has 1 N–H and O–H groups in total. The topological polar surface area (TPSA) is 81.5 Å². The van der Waals surface area contributed by atoms with E-state index in [-0.39, 0.29) is 24.1 Å². The molecule has 6 heteroatoms. The van der Waals surface area contributed by atoms with Crippen molar-refractivity contribution >= 4 is 11.6 Å². The average Bonchev–Trinajstić information content (AvgIpc) is 2.90. The summed E-state index contributed by atoms with van der Waals surface area (Å²) in [6.07, 6.45) is 2.38. The number of amides is 1. The maximum atomic E-state index is 11.7. The van der Waals surface area contributed by atoms with Gasteiger partial charge in [-0.05, 0) is 18.4 Å². The van der Waals surface area contributed by atoms with Crippen LogP contribution < -0.4 is 5.32 Å². The van der Waals surface area contributed by atoms with Crippen molar-refractivity contribution in [3.05, 3.63) is 39.9 Å². The Kier molecular flexibility index (Phi) is 4.46. The van der Waals surface area contributed by atoms with E-state index in [2.05, 4.69) is 5.32 Å². The van der Waals surface area contributed by atoms with Gasteiger partial charge >= 0.3 is 0 Å². The molecule has 0 saturated carbocycles. The summed E-state index contributed by atoms with van der Waals surface area (Å²) in [5, 5.41) is 13.3. The molecule has 102 valence electrons. The monoisotopic (exact) mass is 264 g/mol. The Bertz CT molecular complexity index is 452. The molecule has 1 aromatic carbocycles. The van der Waals surface area contributed by atoms with E-state index in [9.17, 15) is 14.9 Å². The lowest BCUT2D eigenvalue weighted by atomic mass is 10.1. The zero-order valence-electron chi connectivity index (χ0n) is 10.5. The fourth-order valence-corrected chi connectivity index (χ4v) is 2.02. The van der Waals surface area contributed by atoms with Crippen LogP contribution >= 0.6 is 0 Å². The van der Waals surface area contributed by atoms with E-state index in [1.807, 2.05) is 0 Å². The highest BCUT2D eigenvalue weighted by molar-refractivity contribution is 5.78. The Labute approximate surface area is 110 Å². The van der Waals surface area contributed by atoms with E-state index in [1.54, 1.807) is 12.1 Å². The first-order chi connectivity index (χ1) is 9.15. The Hall–Kier alpha value is -1.95. The number of nitrogens with one attached hydrogen (secondary N) is 1. The lowest BCUT2D eigenvalue weighted by Gasteiger charge is -2.10. The van der Waals surface area contributed by atoms with Crippen LogP contribution in [0.5, 0.6) is 0 Å². The SMILES string of the molecule is O=C(Cc1ccc([N+](=O)[O-])cc1)NC[C@H]1CCCO1. The van der Waals surface area contributed by atoms with Gasteiger partial charge in [0.2, 0.25) is 5.91 Å². The van der Waals surface area contributed by atoms with Gasteiger partial charge in [0.15, 0.2) is 0 Å². The summed E-state index contributed by atoms with van der Waals surface area (Å²) in [5.74, 6) is -0.0932. The summed E-state index contributed by atoms with van der Waals surface area (Å²) >= 11 is 0. The molecule has 1 saturated heterocycles. The van der Waals surface area contributed by atoms with Crippen LogP contribution in [-0.4, -0.2) is 30.1 Å². The third-order valence-corrected chi connectivity index (χ3v) is 3.06.